The third-order valence-corrected chi connectivity index (χ3v) is 3.18. The van der Waals surface area contributed by atoms with E-state index in [0.29, 0.717) is 0 Å². The molecule has 6 nitrogen and oxygen atoms in total. The molecule has 2 atom stereocenters. The van der Waals surface area contributed by atoms with Crippen LogP contribution in [-0.2, 0) is 4.79 Å². The Kier molecular flexibility index (Phi) is 5.35. The number of nitrogens with one attached hydrogen (secondary N) is 1. The van der Waals surface area contributed by atoms with Gasteiger partial charge in [-0.25, -0.2) is 4.98 Å². The Morgan fingerprint density at radius 1 is 1.58 bits per heavy atom. The van der Waals surface area contributed by atoms with Crippen LogP contribution in [0.25, 0.3) is 0 Å². The molecular formula is C12H18ClN3O3. The molecule has 0 spiro atoms. The van der Waals surface area contributed by atoms with Gasteiger partial charge in [-0.05, 0) is 20.3 Å². The van der Waals surface area contributed by atoms with E-state index in [4.69, 9.17) is 16.3 Å². The highest BCUT2D eigenvalue weighted by Gasteiger charge is 2.20. The monoisotopic (exact) mass is 287 g/mol. The Labute approximate surface area is 116 Å². The van der Waals surface area contributed by atoms with Gasteiger partial charge in [-0.2, -0.15) is 0 Å². The maximum absolute atomic E-state index is 12.1. The smallest absolute Gasteiger partial charge is 0.298 e. The van der Waals surface area contributed by atoms with Gasteiger partial charge in [-0.15, -0.1) is 0 Å². The average molecular weight is 288 g/mol. The van der Waals surface area contributed by atoms with Crippen LogP contribution in [0.15, 0.2) is 11.1 Å². The predicted molar refractivity (Wildman–Crippen MR) is 72.7 cm³/mol. The van der Waals surface area contributed by atoms with E-state index >= 15 is 0 Å². The summed E-state index contributed by atoms with van der Waals surface area (Å²) in [5, 5.41) is 2.79. The summed E-state index contributed by atoms with van der Waals surface area (Å²) in [6.07, 6.45) is 2.06. The maximum atomic E-state index is 12.1. The molecule has 106 valence electrons. The van der Waals surface area contributed by atoms with Crippen molar-refractivity contribution in [3.63, 3.8) is 0 Å². The number of ether oxygens (including phenoxy) is 1. The molecular weight excluding hydrogens is 270 g/mol. The maximum Gasteiger partial charge on any atom is 0.298 e. The topological polar surface area (TPSA) is 73.2 Å². The molecule has 1 rings (SSSR count). The van der Waals surface area contributed by atoms with Gasteiger partial charge in [-0.1, -0.05) is 18.5 Å². The Hall–Kier alpha value is -1.56. The Bertz CT molecular complexity index is 515. The molecule has 2 unspecified atom stereocenters. The molecule has 0 aliphatic rings. The second kappa shape index (κ2) is 6.56. The molecule has 0 aliphatic carbocycles. The molecule has 1 aromatic heterocycles. The Balaban J connectivity index is 3.04. The zero-order valence-electron chi connectivity index (χ0n) is 11.4. The molecule has 0 saturated heterocycles. The summed E-state index contributed by atoms with van der Waals surface area (Å²) in [5.41, 5.74) is -0.477. The molecule has 7 heteroatoms. The number of methoxy groups -OCH3 is 1. The van der Waals surface area contributed by atoms with Crippen molar-refractivity contribution in [2.24, 2.45) is 0 Å². The fraction of sp³-hybridized carbons (Fsp3) is 0.583. The molecule has 0 saturated carbocycles. The lowest BCUT2D eigenvalue weighted by Crippen LogP contribution is -2.40. The number of hydrogen-bond acceptors (Lipinski definition) is 4. The highest BCUT2D eigenvalue weighted by Crippen LogP contribution is 2.16. The van der Waals surface area contributed by atoms with Gasteiger partial charge < -0.3 is 10.1 Å². The summed E-state index contributed by atoms with van der Waals surface area (Å²) in [5.74, 6) is -0.310. The number of nitrogens with zero attached hydrogens (tertiary/aromatic N) is 2. The first-order valence-electron chi connectivity index (χ1n) is 6.03. The highest BCUT2D eigenvalue weighted by molar-refractivity contribution is 6.30. The lowest BCUT2D eigenvalue weighted by molar-refractivity contribution is -0.124. The van der Waals surface area contributed by atoms with Crippen molar-refractivity contribution in [1.29, 1.82) is 0 Å². The summed E-state index contributed by atoms with van der Waals surface area (Å²) in [7, 11) is 1.33. The van der Waals surface area contributed by atoms with Gasteiger partial charge in [0.2, 0.25) is 11.7 Å². The molecule has 0 aromatic carbocycles. The van der Waals surface area contributed by atoms with Crippen molar-refractivity contribution in [2.45, 2.75) is 39.3 Å². The van der Waals surface area contributed by atoms with Gasteiger partial charge >= 0.3 is 0 Å². The van der Waals surface area contributed by atoms with Crippen molar-refractivity contribution in [3.8, 4) is 5.75 Å². The standard InChI is InChI=1S/C12H18ClN3O3/c1-5-7(2)15-11(17)8(3)16-6-14-10(13)9(19-4)12(16)18/h6-8H,5H2,1-4H3,(H,15,17). The predicted octanol–water partition coefficient (Wildman–Crippen LogP) is 1.38. The third-order valence-electron chi connectivity index (χ3n) is 2.91. The van der Waals surface area contributed by atoms with Gasteiger partial charge in [0.15, 0.2) is 5.15 Å². The number of amides is 1. The van der Waals surface area contributed by atoms with E-state index in [9.17, 15) is 9.59 Å². The number of rotatable bonds is 5. The number of aromatic nitrogens is 2. The number of carbonyl (C=O) groups is 1. The zero-order valence-corrected chi connectivity index (χ0v) is 12.2. The van der Waals surface area contributed by atoms with E-state index in [0.717, 1.165) is 6.42 Å². The van der Waals surface area contributed by atoms with Crippen LogP contribution in [0.1, 0.15) is 33.2 Å². The van der Waals surface area contributed by atoms with Gasteiger partial charge in [0.25, 0.3) is 5.56 Å². The minimum Gasteiger partial charge on any atom is -0.489 e. The van der Waals surface area contributed by atoms with Crippen LogP contribution in [0.5, 0.6) is 5.75 Å². The summed E-state index contributed by atoms with van der Waals surface area (Å²) >= 11 is 5.74. The van der Waals surface area contributed by atoms with Crippen LogP contribution in [0, 0.1) is 0 Å². The van der Waals surface area contributed by atoms with Crippen molar-refractivity contribution in [2.75, 3.05) is 7.11 Å². The van der Waals surface area contributed by atoms with E-state index in [1.807, 2.05) is 13.8 Å². The van der Waals surface area contributed by atoms with Crippen LogP contribution < -0.4 is 15.6 Å². The molecule has 19 heavy (non-hydrogen) atoms. The van der Waals surface area contributed by atoms with Crippen molar-refractivity contribution < 1.29 is 9.53 Å². The van der Waals surface area contributed by atoms with Crippen LogP contribution in [-0.4, -0.2) is 28.6 Å². The molecule has 0 fully saturated rings. The number of hydrogen-bond donors (Lipinski definition) is 1. The van der Waals surface area contributed by atoms with Crippen LogP contribution >= 0.6 is 11.6 Å². The zero-order chi connectivity index (χ0) is 14.6. The third kappa shape index (κ3) is 3.47. The minimum atomic E-state index is -0.680. The molecule has 1 amide bonds. The van der Waals surface area contributed by atoms with Gasteiger partial charge in [-0.3, -0.25) is 14.2 Å². The lowest BCUT2D eigenvalue weighted by atomic mass is 10.2. The summed E-state index contributed by atoms with van der Waals surface area (Å²) in [6.45, 7) is 5.48. The quantitative estimate of drug-likeness (QED) is 0.831. The lowest BCUT2D eigenvalue weighted by Gasteiger charge is -2.18. The Morgan fingerprint density at radius 2 is 2.21 bits per heavy atom. The molecule has 0 bridgehead atoms. The summed E-state index contributed by atoms with van der Waals surface area (Å²) in [6, 6.07) is -0.632. The van der Waals surface area contributed by atoms with E-state index in [-0.39, 0.29) is 22.9 Å². The number of halogens is 1. The van der Waals surface area contributed by atoms with Crippen LogP contribution in [0.4, 0.5) is 0 Å². The second-order valence-electron chi connectivity index (χ2n) is 4.27. The summed E-state index contributed by atoms with van der Waals surface area (Å²) in [4.78, 5) is 27.9. The van der Waals surface area contributed by atoms with Gasteiger partial charge in [0, 0.05) is 6.04 Å². The largest absolute Gasteiger partial charge is 0.489 e. The van der Waals surface area contributed by atoms with E-state index in [1.54, 1.807) is 6.92 Å². The molecule has 1 heterocycles. The minimum absolute atomic E-state index is 0.0155. The van der Waals surface area contributed by atoms with E-state index < -0.39 is 11.6 Å². The molecule has 1 aromatic rings. The fourth-order valence-corrected chi connectivity index (χ4v) is 1.67. The average Bonchev–Trinajstić information content (AvgIpc) is 2.38. The fourth-order valence-electron chi connectivity index (χ4n) is 1.47. The molecule has 1 N–H and O–H groups in total. The molecule has 0 aliphatic heterocycles. The van der Waals surface area contributed by atoms with Crippen molar-refractivity contribution in [3.05, 3.63) is 21.8 Å². The second-order valence-corrected chi connectivity index (χ2v) is 4.63. The van der Waals surface area contributed by atoms with E-state index in [2.05, 4.69) is 10.3 Å². The van der Waals surface area contributed by atoms with Crippen molar-refractivity contribution >= 4 is 17.5 Å². The highest BCUT2D eigenvalue weighted by atomic mass is 35.5. The van der Waals surface area contributed by atoms with Crippen molar-refractivity contribution in [1.82, 2.24) is 14.9 Å². The van der Waals surface area contributed by atoms with Crippen LogP contribution in [0.2, 0.25) is 5.15 Å². The first-order valence-corrected chi connectivity index (χ1v) is 6.41. The number of carbonyl (C=O) groups excluding carboxylic acids is 1. The molecule has 0 radical (unpaired) electrons. The van der Waals surface area contributed by atoms with E-state index in [1.165, 1.54) is 18.0 Å². The first-order chi connectivity index (χ1) is 8.92. The van der Waals surface area contributed by atoms with Gasteiger partial charge in [0.05, 0.1) is 7.11 Å². The summed E-state index contributed by atoms with van der Waals surface area (Å²) < 4.78 is 6.09. The first kappa shape index (κ1) is 15.5. The SMILES string of the molecule is CCC(C)NC(=O)C(C)n1cnc(Cl)c(OC)c1=O. The Morgan fingerprint density at radius 3 is 2.74 bits per heavy atom. The van der Waals surface area contributed by atoms with Gasteiger partial charge in [0.1, 0.15) is 12.4 Å². The normalized spacial score (nSPS) is 13.7. The van der Waals surface area contributed by atoms with Crippen LogP contribution in [0.3, 0.4) is 0 Å².